The van der Waals surface area contributed by atoms with Crippen LogP contribution >= 0.6 is 15.9 Å². The van der Waals surface area contributed by atoms with Gasteiger partial charge in [-0.05, 0) is 25.5 Å². The molecular weight excluding hydrogens is 280 g/mol. The van der Waals surface area contributed by atoms with Gasteiger partial charge in [-0.25, -0.2) is 0 Å². The van der Waals surface area contributed by atoms with Gasteiger partial charge < -0.3 is 9.84 Å². The smallest absolute Gasteiger partial charge is 0.138 e. The minimum atomic E-state index is 0.780. The molecule has 1 N–H and O–H groups in total. The fourth-order valence-electron chi connectivity index (χ4n) is 1.72. The predicted octanol–water partition coefficient (Wildman–Crippen LogP) is 3.34. The van der Waals surface area contributed by atoms with E-state index in [9.17, 15) is 0 Å². The molecule has 2 rings (SSSR count). The van der Waals surface area contributed by atoms with Gasteiger partial charge in [0.2, 0.25) is 0 Å². The van der Waals surface area contributed by atoms with Crippen LogP contribution in [0.1, 0.15) is 22.6 Å². The summed E-state index contributed by atoms with van der Waals surface area (Å²) in [5.41, 5.74) is 3.36. The van der Waals surface area contributed by atoms with E-state index in [4.69, 9.17) is 4.52 Å². The molecule has 2 aromatic rings. The van der Waals surface area contributed by atoms with Crippen LogP contribution < -0.4 is 5.32 Å². The second-order valence-corrected chi connectivity index (χ2v) is 4.85. The maximum atomic E-state index is 5.12. The summed E-state index contributed by atoms with van der Waals surface area (Å²) in [6.45, 7) is 5.51. The first-order chi connectivity index (χ1) is 8.18. The highest BCUT2D eigenvalue weighted by molar-refractivity contribution is 9.10. The van der Waals surface area contributed by atoms with Crippen molar-refractivity contribution in [2.24, 2.45) is 0 Å². The summed E-state index contributed by atoms with van der Waals surface area (Å²) in [5, 5.41) is 7.33. The Bertz CT molecular complexity index is 488. The highest BCUT2D eigenvalue weighted by atomic mass is 79.9. The minimum absolute atomic E-state index is 0.780. The zero-order valence-corrected chi connectivity index (χ0v) is 11.5. The third-order valence-electron chi connectivity index (χ3n) is 2.76. The Morgan fingerprint density at radius 2 is 2.00 bits per heavy atom. The van der Waals surface area contributed by atoms with Gasteiger partial charge in [0.05, 0.1) is 5.69 Å². The molecule has 4 heteroatoms. The van der Waals surface area contributed by atoms with Crippen molar-refractivity contribution in [1.29, 1.82) is 0 Å². The van der Waals surface area contributed by atoms with E-state index in [0.29, 0.717) is 0 Å². The van der Waals surface area contributed by atoms with Crippen molar-refractivity contribution in [1.82, 2.24) is 10.5 Å². The van der Waals surface area contributed by atoms with Gasteiger partial charge in [-0.2, -0.15) is 0 Å². The maximum absolute atomic E-state index is 5.12. The molecule has 1 aromatic carbocycles. The van der Waals surface area contributed by atoms with Gasteiger partial charge in [0.15, 0.2) is 0 Å². The normalized spacial score (nSPS) is 10.8. The van der Waals surface area contributed by atoms with E-state index in [1.165, 1.54) is 5.56 Å². The molecule has 0 saturated carbocycles. The Morgan fingerprint density at radius 1 is 1.24 bits per heavy atom. The number of hydrogen-bond acceptors (Lipinski definition) is 3. The van der Waals surface area contributed by atoms with Crippen LogP contribution in [-0.2, 0) is 13.1 Å². The molecule has 0 unspecified atom stereocenters. The van der Waals surface area contributed by atoms with E-state index in [0.717, 1.165) is 34.6 Å². The summed E-state index contributed by atoms with van der Waals surface area (Å²) in [6, 6.07) is 8.21. The lowest BCUT2D eigenvalue weighted by atomic mass is 10.2. The lowest BCUT2D eigenvalue weighted by molar-refractivity contribution is 0.392. The van der Waals surface area contributed by atoms with Crippen molar-refractivity contribution in [3.8, 4) is 0 Å². The van der Waals surface area contributed by atoms with E-state index in [2.05, 4.69) is 32.5 Å². The maximum Gasteiger partial charge on any atom is 0.138 e. The van der Waals surface area contributed by atoms with Crippen molar-refractivity contribution >= 4 is 15.9 Å². The van der Waals surface area contributed by atoms with Gasteiger partial charge in [-0.1, -0.05) is 39.3 Å². The number of benzene rings is 1. The number of halogens is 1. The van der Waals surface area contributed by atoms with Gasteiger partial charge in [0.1, 0.15) is 5.76 Å². The lowest BCUT2D eigenvalue weighted by Gasteiger charge is -2.06. The monoisotopic (exact) mass is 294 g/mol. The summed E-state index contributed by atoms with van der Waals surface area (Å²) >= 11 is 3.53. The Kier molecular flexibility index (Phi) is 3.97. The standard InChI is InChI=1S/C13H15BrN2O/c1-9-12(10(2)17-16-9)8-15-7-11-5-3-4-6-13(11)14/h3-6,15H,7-8H2,1-2H3. The molecule has 0 atom stereocenters. The molecular formula is C13H15BrN2O. The topological polar surface area (TPSA) is 38.1 Å². The minimum Gasteiger partial charge on any atom is -0.361 e. The molecule has 0 aliphatic heterocycles. The second-order valence-electron chi connectivity index (χ2n) is 4.00. The van der Waals surface area contributed by atoms with E-state index in [1.807, 2.05) is 32.0 Å². The number of aryl methyl sites for hydroxylation is 2. The number of hydrogen-bond donors (Lipinski definition) is 1. The van der Waals surface area contributed by atoms with E-state index in [1.54, 1.807) is 0 Å². The first kappa shape index (κ1) is 12.3. The molecule has 0 bridgehead atoms. The molecule has 0 saturated heterocycles. The first-order valence-corrected chi connectivity index (χ1v) is 6.33. The highest BCUT2D eigenvalue weighted by Crippen LogP contribution is 2.16. The van der Waals surface area contributed by atoms with Gasteiger partial charge in [-0.3, -0.25) is 0 Å². The Balaban J connectivity index is 1.95. The largest absolute Gasteiger partial charge is 0.361 e. The van der Waals surface area contributed by atoms with E-state index >= 15 is 0 Å². The number of rotatable bonds is 4. The van der Waals surface area contributed by atoms with Crippen LogP contribution in [0.5, 0.6) is 0 Å². The number of nitrogens with zero attached hydrogens (tertiary/aromatic N) is 1. The molecule has 0 spiro atoms. The fourth-order valence-corrected chi connectivity index (χ4v) is 2.14. The summed E-state index contributed by atoms with van der Waals surface area (Å²) in [5.74, 6) is 0.891. The predicted molar refractivity (Wildman–Crippen MR) is 70.7 cm³/mol. The van der Waals surface area contributed by atoms with Crippen LogP contribution in [-0.4, -0.2) is 5.16 Å². The van der Waals surface area contributed by atoms with Crippen LogP contribution in [0, 0.1) is 13.8 Å². The van der Waals surface area contributed by atoms with Crippen molar-refractivity contribution in [2.75, 3.05) is 0 Å². The molecule has 0 aliphatic carbocycles. The summed E-state index contributed by atoms with van der Waals surface area (Å²) in [4.78, 5) is 0. The molecule has 17 heavy (non-hydrogen) atoms. The SMILES string of the molecule is Cc1noc(C)c1CNCc1ccccc1Br. The lowest BCUT2D eigenvalue weighted by Crippen LogP contribution is -2.13. The first-order valence-electron chi connectivity index (χ1n) is 5.54. The summed E-state index contributed by atoms with van der Waals surface area (Å²) in [7, 11) is 0. The molecule has 0 radical (unpaired) electrons. The van der Waals surface area contributed by atoms with Gasteiger partial charge in [-0.15, -0.1) is 0 Å². The van der Waals surface area contributed by atoms with E-state index in [-0.39, 0.29) is 0 Å². The van der Waals surface area contributed by atoms with Crippen molar-refractivity contribution in [3.63, 3.8) is 0 Å². The third kappa shape index (κ3) is 2.96. The summed E-state index contributed by atoms with van der Waals surface area (Å²) in [6.07, 6.45) is 0. The quantitative estimate of drug-likeness (QED) is 0.940. The highest BCUT2D eigenvalue weighted by Gasteiger charge is 2.08. The molecule has 1 aromatic heterocycles. The molecule has 3 nitrogen and oxygen atoms in total. The number of aromatic nitrogens is 1. The van der Waals surface area contributed by atoms with Crippen molar-refractivity contribution < 1.29 is 4.52 Å². The Labute approximate surface area is 109 Å². The molecule has 1 heterocycles. The van der Waals surface area contributed by atoms with E-state index < -0.39 is 0 Å². The summed E-state index contributed by atoms with van der Waals surface area (Å²) < 4.78 is 6.25. The fraction of sp³-hybridized carbons (Fsp3) is 0.308. The van der Waals surface area contributed by atoms with Crippen LogP contribution in [0.25, 0.3) is 0 Å². The molecule has 0 aliphatic rings. The van der Waals surface area contributed by atoms with Gasteiger partial charge in [0.25, 0.3) is 0 Å². The average molecular weight is 295 g/mol. The van der Waals surface area contributed by atoms with Crippen LogP contribution in [0.15, 0.2) is 33.3 Å². The number of nitrogens with one attached hydrogen (secondary N) is 1. The third-order valence-corrected chi connectivity index (χ3v) is 3.53. The van der Waals surface area contributed by atoms with Crippen molar-refractivity contribution in [2.45, 2.75) is 26.9 Å². The Hall–Kier alpha value is -1.13. The van der Waals surface area contributed by atoms with Gasteiger partial charge in [0, 0.05) is 23.1 Å². The average Bonchev–Trinajstić information content (AvgIpc) is 2.63. The molecule has 0 fully saturated rings. The van der Waals surface area contributed by atoms with Crippen LogP contribution in [0.3, 0.4) is 0 Å². The van der Waals surface area contributed by atoms with Crippen LogP contribution in [0.4, 0.5) is 0 Å². The van der Waals surface area contributed by atoms with Gasteiger partial charge >= 0.3 is 0 Å². The van der Waals surface area contributed by atoms with Crippen molar-refractivity contribution in [3.05, 3.63) is 51.3 Å². The Morgan fingerprint density at radius 3 is 2.65 bits per heavy atom. The second kappa shape index (κ2) is 5.47. The zero-order chi connectivity index (χ0) is 12.3. The molecule has 0 amide bonds. The molecule has 90 valence electrons. The zero-order valence-electron chi connectivity index (χ0n) is 9.96. The van der Waals surface area contributed by atoms with Crippen LogP contribution in [0.2, 0.25) is 0 Å².